The minimum Gasteiger partial charge on any atom is -0.389 e. The Morgan fingerprint density at radius 1 is 1.38 bits per heavy atom. The lowest BCUT2D eigenvalue weighted by molar-refractivity contribution is -0.0819. The van der Waals surface area contributed by atoms with Gasteiger partial charge in [0.2, 0.25) is 0 Å². The molecule has 0 aliphatic carbocycles. The fraction of sp³-hybridized carbons (Fsp3) is 0.333. The van der Waals surface area contributed by atoms with Crippen molar-refractivity contribution in [1.82, 2.24) is 4.98 Å². The first-order valence-corrected chi connectivity index (χ1v) is 7.27. The molecule has 1 unspecified atom stereocenters. The van der Waals surface area contributed by atoms with E-state index in [1.54, 1.807) is 0 Å². The summed E-state index contributed by atoms with van der Waals surface area (Å²) in [5.74, 6) is 0.741. The summed E-state index contributed by atoms with van der Waals surface area (Å²) in [7, 11) is 0. The van der Waals surface area contributed by atoms with Gasteiger partial charge in [-0.15, -0.1) is 0 Å². The van der Waals surface area contributed by atoms with E-state index in [1.807, 2.05) is 30.3 Å². The molecule has 2 heterocycles. The predicted molar refractivity (Wildman–Crippen MR) is 86.7 cm³/mol. The first kappa shape index (κ1) is 14.2. The molecule has 1 fully saturated rings. The number of pyridine rings is 1. The van der Waals surface area contributed by atoms with E-state index in [9.17, 15) is 0 Å². The van der Waals surface area contributed by atoms with Crippen molar-refractivity contribution in [3.63, 3.8) is 0 Å². The molecule has 3 rings (SSSR count). The molecule has 0 saturated carbocycles. The van der Waals surface area contributed by atoms with E-state index in [0.717, 1.165) is 22.3 Å². The molecule has 0 radical (unpaired) electrons. The van der Waals surface area contributed by atoms with Gasteiger partial charge in [-0.1, -0.05) is 30.4 Å². The van der Waals surface area contributed by atoms with Crippen LogP contribution in [0.4, 0.5) is 5.82 Å². The molecule has 3 N–H and O–H groups in total. The highest BCUT2D eigenvalue weighted by Crippen LogP contribution is 2.21. The maximum Gasteiger partial charge on any atom is 0.127 e. The fourth-order valence-electron chi connectivity index (χ4n) is 2.34. The number of rotatable bonds is 4. The molecule has 2 aromatic rings. The summed E-state index contributed by atoms with van der Waals surface area (Å²) in [5, 5.41) is 4.24. The van der Waals surface area contributed by atoms with Gasteiger partial charge in [-0.3, -0.25) is 0 Å². The van der Waals surface area contributed by atoms with Gasteiger partial charge in [-0.25, -0.2) is 4.98 Å². The van der Waals surface area contributed by atoms with Crippen LogP contribution in [-0.2, 0) is 9.47 Å². The third-order valence-electron chi connectivity index (χ3n) is 3.38. The lowest BCUT2D eigenvalue weighted by Crippen LogP contribution is -2.34. The minimum atomic E-state index is 0.0419. The maximum atomic E-state index is 5.82. The summed E-state index contributed by atoms with van der Waals surface area (Å²) in [6.07, 6.45) is 0.0419. The van der Waals surface area contributed by atoms with Crippen molar-refractivity contribution in [3.8, 4) is 0 Å². The number of benzene rings is 1. The third-order valence-corrected chi connectivity index (χ3v) is 3.60. The molecule has 1 aliphatic rings. The van der Waals surface area contributed by atoms with Gasteiger partial charge in [0, 0.05) is 17.5 Å². The van der Waals surface area contributed by atoms with Crippen molar-refractivity contribution >= 4 is 33.9 Å². The standard InChI is InChI=1S/C15H17N3O2S/c16-15(21)12-7-14(17-8-10-9-19-5-6-20-10)18-13-4-2-1-3-11(12)13/h1-4,7,10H,5-6,8-9H2,(H2,16,21)(H,17,18). The van der Waals surface area contributed by atoms with E-state index in [-0.39, 0.29) is 6.10 Å². The molecule has 1 aromatic heterocycles. The van der Waals surface area contributed by atoms with Crippen molar-refractivity contribution in [1.29, 1.82) is 0 Å². The molecule has 1 saturated heterocycles. The molecule has 5 nitrogen and oxygen atoms in total. The third kappa shape index (κ3) is 3.29. The van der Waals surface area contributed by atoms with Crippen molar-refractivity contribution in [2.45, 2.75) is 6.10 Å². The van der Waals surface area contributed by atoms with Crippen LogP contribution in [0.2, 0.25) is 0 Å². The number of para-hydroxylation sites is 1. The Bertz CT molecular complexity index is 656. The van der Waals surface area contributed by atoms with Crippen LogP contribution in [0, 0.1) is 0 Å². The van der Waals surface area contributed by atoms with Gasteiger partial charge in [-0.05, 0) is 12.1 Å². The average Bonchev–Trinajstić information content (AvgIpc) is 2.53. The molecule has 1 aliphatic heterocycles. The Morgan fingerprint density at radius 2 is 2.24 bits per heavy atom. The molecule has 0 bridgehead atoms. The van der Waals surface area contributed by atoms with Gasteiger partial charge in [0.25, 0.3) is 0 Å². The molecule has 1 atom stereocenters. The van der Waals surface area contributed by atoms with Crippen molar-refractivity contribution in [2.75, 3.05) is 31.7 Å². The molecule has 1 aromatic carbocycles. The number of ether oxygens (including phenoxy) is 2. The van der Waals surface area contributed by atoms with Crippen LogP contribution >= 0.6 is 12.2 Å². The van der Waals surface area contributed by atoms with Gasteiger partial charge in [0.15, 0.2) is 0 Å². The summed E-state index contributed by atoms with van der Waals surface area (Å²) in [5.41, 5.74) is 7.52. The lowest BCUT2D eigenvalue weighted by Gasteiger charge is -2.23. The van der Waals surface area contributed by atoms with E-state index < -0.39 is 0 Å². The van der Waals surface area contributed by atoms with Crippen molar-refractivity contribution < 1.29 is 9.47 Å². The Kier molecular flexibility index (Phi) is 4.28. The highest BCUT2D eigenvalue weighted by molar-refractivity contribution is 7.80. The van der Waals surface area contributed by atoms with Crippen LogP contribution in [-0.4, -0.2) is 42.4 Å². The van der Waals surface area contributed by atoms with Crippen LogP contribution in [0.25, 0.3) is 10.9 Å². The number of aromatic nitrogens is 1. The number of nitrogens with one attached hydrogen (secondary N) is 1. The second-order valence-electron chi connectivity index (χ2n) is 4.89. The van der Waals surface area contributed by atoms with Gasteiger partial charge >= 0.3 is 0 Å². The highest BCUT2D eigenvalue weighted by atomic mass is 32.1. The summed E-state index contributed by atoms with van der Waals surface area (Å²) in [6.45, 7) is 2.54. The Labute approximate surface area is 128 Å². The van der Waals surface area contributed by atoms with Gasteiger partial charge in [0.05, 0.1) is 31.4 Å². The number of nitrogens with two attached hydrogens (primary N) is 1. The zero-order chi connectivity index (χ0) is 14.7. The van der Waals surface area contributed by atoms with Crippen LogP contribution in [0.15, 0.2) is 30.3 Å². The van der Waals surface area contributed by atoms with Gasteiger partial charge in [0.1, 0.15) is 10.8 Å². The summed E-state index contributed by atoms with van der Waals surface area (Å²) < 4.78 is 11.0. The van der Waals surface area contributed by atoms with Crippen molar-refractivity contribution in [2.24, 2.45) is 5.73 Å². The van der Waals surface area contributed by atoms with Crippen LogP contribution in [0.3, 0.4) is 0 Å². The Balaban J connectivity index is 1.83. The average molecular weight is 303 g/mol. The van der Waals surface area contributed by atoms with Crippen LogP contribution < -0.4 is 11.1 Å². The molecule has 0 amide bonds. The molecule has 6 heteroatoms. The zero-order valence-corrected chi connectivity index (χ0v) is 12.4. The largest absolute Gasteiger partial charge is 0.389 e. The number of fused-ring (bicyclic) bond motifs is 1. The zero-order valence-electron chi connectivity index (χ0n) is 11.5. The lowest BCUT2D eigenvalue weighted by atomic mass is 10.1. The summed E-state index contributed by atoms with van der Waals surface area (Å²) in [4.78, 5) is 4.95. The van der Waals surface area contributed by atoms with E-state index in [1.165, 1.54) is 0 Å². The molecular formula is C15H17N3O2S. The monoisotopic (exact) mass is 303 g/mol. The van der Waals surface area contributed by atoms with Gasteiger partial charge in [-0.2, -0.15) is 0 Å². The number of hydrogen-bond acceptors (Lipinski definition) is 5. The van der Waals surface area contributed by atoms with E-state index in [0.29, 0.717) is 31.4 Å². The van der Waals surface area contributed by atoms with Crippen molar-refractivity contribution in [3.05, 3.63) is 35.9 Å². The van der Waals surface area contributed by atoms with E-state index in [4.69, 9.17) is 27.4 Å². The maximum absolute atomic E-state index is 5.82. The predicted octanol–water partition coefficient (Wildman–Crippen LogP) is 1.70. The molecule has 21 heavy (non-hydrogen) atoms. The molecule has 0 spiro atoms. The normalized spacial score (nSPS) is 18.6. The van der Waals surface area contributed by atoms with E-state index >= 15 is 0 Å². The second-order valence-corrected chi connectivity index (χ2v) is 5.32. The van der Waals surface area contributed by atoms with E-state index in [2.05, 4.69) is 10.3 Å². The van der Waals surface area contributed by atoms with Crippen LogP contribution in [0.5, 0.6) is 0 Å². The first-order valence-electron chi connectivity index (χ1n) is 6.87. The smallest absolute Gasteiger partial charge is 0.127 e. The summed E-state index contributed by atoms with van der Waals surface area (Å²) in [6, 6.07) is 9.70. The summed E-state index contributed by atoms with van der Waals surface area (Å²) >= 11 is 5.14. The Hall–Kier alpha value is -1.76. The molecular weight excluding hydrogens is 286 g/mol. The van der Waals surface area contributed by atoms with Gasteiger partial charge < -0.3 is 20.5 Å². The number of hydrogen-bond donors (Lipinski definition) is 2. The molecule has 110 valence electrons. The SMILES string of the molecule is NC(=S)c1cc(NCC2COCCO2)nc2ccccc12. The van der Waals surface area contributed by atoms with Crippen LogP contribution in [0.1, 0.15) is 5.56 Å². The fourth-order valence-corrected chi connectivity index (χ4v) is 2.51. The highest BCUT2D eigenvalue weighted by Gasteiger charge is 2.15. The second kappa shape index (κ2) is 6.34. The quantitative estimate of drug-likeness (QED) is 0.838. The Morgan fingerprint density at radius 3 is 3.00 bits per heavy atom. The topological polar surface area (TPSA) is 69.4 Å². The first-order chi connectivity index (χ1) is 10.2. The number of anilines is 1. The number of nitrogens with zero attached hydrogens (tertiary/aromatic N) is 1. The number of thiocarbonyl (C=S) groups is 1. The minimum absolute atomic E-state index is 0.0419.